The highest BCUT2D eigenvalue weighted by Gasteiger charge is 2.11. The van der Waals surface area contributed by atoms with Gasteiger partial charge in [0.2, 0.25) is 0 Å². The van der Waals surface area contributed by atoms with Gasteiger partial charge in [-0.3, -0.25) is 0 Å². The van der Waals surface area contributed by atoms with Crippen LogP contribution < -0.4 is 0 Å². The molecule has 2 nitrogen and oxygen atoms in total. The summed E-state index contributed by atoms with van der Waals surface area (Å²) in [7, 11) is 2.19. The van der Waals surface area contributed by atoms with E-state index in [1.54, 1.807) is 0 Å². The van der Waals surface area contributed by atoms with Gasteiger partial charge < -0.3 is 9.80 Å². The topological polar surface area (TPSA) is 6.48 Å². The van der Waals surface area contributed by atoms with Gasteiger partial charge in [0.05, 0.1) is 0 Å². The molecule has 0 atom stereocenters. The van der Waals surface area contributed by atoms with Gasteiger partial charge in [0, 0.05) is 25.3 Å². The monoisotopic (exact) mass is 168 g/mol. The molecular formula is C10H20N2. The van der Waals surface area contributed by atoms with Gasteiger partial charge >= 0.3 is 0 Å². The molecule has 1 saturated heterocycles. The van der Waals surface area contributed by atoms with Crippen molar-refractivity contribution in [1.82, 2.24) is 9.80 Å². The fourth-order valence-electron chi connectivity index (χ4n) is 1.59. The third-order valence-electron chi connectivity index (χ3n) is 2.57. The molecule has 0 radical (unpaired) electrons. The lowest BCUT2D eigenvalue weighted by atomic mass is 10.3. The normalized spacial score (nSPS) is 20.7. The minimum absolute atomic E-state index is 1.09. The zero-order valence-corrected chi connectivity index (χ0v) is 8.34. The molecule has 0 aliphatic carbocycles. The first-order chi connectivity index (χ1) is 5.74. The molecule has 70 valence electrons. The molecule has 0 saturated carbocycles. The lowest BCUT2D eigenvalue weighted by molar-refractivity contribution is 0.322. The molecule has 0 amide bonds. The smallest absolute Gasteiger partial charge is 0.0302 e. The van der Waals surface area contributed by atoms with Gasteiger partial charge in [-0.2, -0.15) is 0 Å². The van der Waals surface area contributed by atoms with E-state index in [-0.39, 0.29) is 0 Å². The van der Waals surface area contributed by atoms with E-state index in [1.165, 1.54) is 31.8 Å². The summed E-state index contributed by atoms with van der Waals surface area (Å²) < 4.78 is 0. The summed E-state index contributed by atoms with van der Waals surface area (Å²) in [6.07, 6.45) is 2.36. The molecule has 0 bridgehead atoms. The first-order valence-corrected chi connectivity index (χ1v) is 4.85. The number of hydrogen-bond donors (Lipinski definition) is 0. The van der Waals surface area contributed by atoms with Crippen LogP contribution >= 0.6 is 0 Å². The van der Waals surface area contributed by atoms with Crippen LogP contribution in [0.5, 0.6) is 0 Å². The third kappa shape index (κ3) is 2.52. The Kier molecular flexibility index (Phi) is 3.60. The summed E-state index contributed by atoms with van der Waals surface area (Å²) in [6, 6.07) is 0. The van der Waals surface area contributed by atoms with E-state index < -0.39 is 0 Å². The van der Waals surface area contributed by atoms with Crippen LogP contribution in [0, 0.1) is 0 Å². The van der Waals surface area contributed by atoms with Crippen molar-refractivity contribution >= 4 is 0 Å². The van der Waals surface area contributed by atoms with Crippen LogP contribution in [-0.4, -0.2) is 43.0 Å². The van der Waals surface area contributed by atoms with Crippen molar-refractivity contribution in [2.75, 3.05) is 33.2 Å². The average Bonchev–Trinajstić information content (AvgIpc) is 2.29. The van der Waals surface area contributed by atoms with Crippen molar-refractivity contribution in [3.05, 3.63) is 12.3 Å². The molecule has 0 N–H and O–H groups in total. The van der Waals surface area contributed by atoms with Crippen LogP contribution in [0.2, 0.25) is 0 Å². The van der Waals surface area contributed by atoms with Gasteiger partial charge in [0.25, 0.3) is 0 Å². The minimum atomic E-state index is 1.09. The number of hydrogen-bond acceptors (Lipinski definition) is 2. The van der Waals surface area contributed by atoms with Gasteiger partial charge in [-0.05, 0) is 26.4 Å². The van der Waals surface area contributed by atoms with E-state index in [2.05, 4.69) is 30.4 Å². The standard InChI is InChI=1S/C10H20N2/c1-4-10(2)12-7-5-6-11(3)8-9-12/h2,4-9H2,1,3H3. The zero-order chi connectivity index (χ0) is 8.97. The first kappa shape index (κ1) is 9.59. The Balaban J connectivity index is 2.40. The molecule has 1 aliphatic rings. The van der Waals surface area contributed by atoms with E-state index in [1.807, 2.05) is 0 Å². The van der Waals surface area contributed by atoms with Gasteiger partial charge in [-0.1, -0.05) is 13.5 Å². The Labute approximate surface area is 75.8 Å². The van der Waals surface area contributed by atoms with Gasteiger partial charge in [-0.15, -0.1) is 0 Å². The largest absolute Gasteiger partial charge is 0.374 e. The Morgan fingerprint density at radius 1 is 1.25 bits per heavy atom. The summed E-state index contributed by atoms with van der Waals surface area (Å²) in [5.41, 5.74) is 1.30. The fourth-order valence-corrected chi connectivity index (χ4v) is 1.59. The number of allylic oxidation sites excluding steroid dienone is 1. The van der Waals surface area contributed by atoms with Crippen LogP contribution in [0.1, 0.15) is 19.8 Å². The molecule has 1 fully saturated rings. The second-order valence-electron chi connectivity index (χ2n) is 3.56. The predicted octanol–water partition coefficient (Wildman–Crippen LogP) is 1.55. The summed E-state index contributed by atoms with van der Waals surface area (Å²) in [5, 5.41) is 0. The summed E-state index contributed by atoms with van der Waals surface area (Å²) in [6.45, 7) is 11.0. The lowest BCUT2D eigenvalue weighted by Crippen LogP contribution is -2.27. The second kappa shape index (κ2) is 4.51. The molecule has 1 rings (SSSR count). The molecule has 0 unspecified atom stereocenters. The van der Waals surface area contributed by atoms with E-state index in [9.17, 15) is 0 Å². The number of nitrogens with zero attached hydrogens (tertiary/aromatic N) is 2. The SMILES string of the molecule is C=C(CC)N1CCCN(C)CC1. The highest BCUT2D eigenvalue weighted by atomic mass is 15.2. The maximum atomic E-state index is 4.07. The second-order valence-corrected chi connectivity index (χ2v) is 3.56. The third-order valence-corrected chi connectivity index (χ3v) is 2.57. The van der Waals surface area contributed by atoms with Crippen molar-refractivity contribution in [3.8, 4) is 0 Å². The molecule has 1 aliphatic heterocycles. The van der Waals surface area contributed by atoms with E-state index in [0.29, 0.717) is 0 Å². The maximum absolute atomic E-state index is 4.07. The van der Waals surface area contributed by atoms with Gasteiger partial charge in [-0.25, -0.2) is 0 Å². The molecule has 0 aromatic heterocycles. The molecule has 1 heterocycles. The highest BCUT2D eigenvalue weighted by Crippen LogP contribution is 2.09. The number of likely N-dealkylation sites (N-methyl/N-ethyl adjacent to an activating group) is 1. The van der Waals surface area contributed by atoms with E-state index in [0.717, 1.165) is 13.0 Å². The van der Waals surface area contributed by atoms with E-state index >= 15 is 0 Å². The van der Waals surface area contributed by atoms with Crippen LogP contribution in [0.3, 0.4) is 0 Å². The molecule has 0 aromatic rings. The van der Waals surface area contributed by atoms with Gasteiger partial charge in [0.15, 0.2) is 0 Å². The predicted molar refractivity (Wildman–Crippen MR) is 53.1 cm³/mol. The highest BCUT2D eigenvalue weighted by molar-refractivity contribution is 4.93. The van der Waals surface area contributed by atoms with Crippen molar-refractivity contribution in [1.29, 1.82) is 0 Å². The van der Waals surface area contributed by atoms with Gasteiger partial charge in [0.1, 0.15) is 0 Å². The summed E-state index contributed by atoms with van der Waals surface area (Å²) in [4.78, 5) is 4.81. The fraction of sp³-hybridized carbons (Fsp3) is 0.800. The Hall–Kier alpha value is -0.500. The first-order valence-electron chi connectivity index (χ1n) is 4.85. The van der Waals surface area contributed by atoms with Crippen LogP contribution in [0.25, 0.3) is 0 Å². The van der Waals surface area contributed by atoms with Crippen molar-refractivity contribution < 1.29 is 0 Å². The lowest BCUT2D eigenvalue weighted by Gasteiger charge is -2.23. The Morgan fingerprint density at radius 3 is 2.67 bits per heavy atom. The average molecular weight is 168 g/mol. The quantitative estimate of drug-likeness (QED) is 0.617. The molecule has 12 heavy (non-hydrogen) atoms. The summed E-state index contributed by atoms with van der Waals surface area (Å²) >= 11 is 0. The molecule has 2 heteroatoms. The Morgan fingerprint density at radius 2 is 2.00 bits per heavy atom. The van der Waals surface area contributed by atoms with Crippen LogP contribution in [-0.2, 0) is 0 Å². The number of rotatable bonds is 2. The maximum Gasteiger partial charge on any atom is 0.0302 e. The molecule has 0 aromatic carbocycles. The van der Waals surface area contributed by atoms with Crippen LogP contribution in [0.15, 0.2) is 12.3 Å². The van der Waals surface area contributed by atoms with Crippen LogP contribution in [0.4, 0.5) is 0 Å². The van der Waals surface area contributed by atoms with Crippen molar-refractivity contribution in [3.63, 3.8) is 0 Å². The van der Waals surface area contributed by atoms with Crippen molar-refractivity contribution in [2.24, 2.45) is 0 Å². The van der Waals surface area contributed by atoms with E-state index in [4.69, 9.17) is 0 Å². The zero-order valence-electron chi connectivity index (χ0n) is 8.34. The Bertz CT molecular complexity index is 154. The molecular weight excluding hydrogens is 148 g/mol. The van der Waals surface area contributed by atoms with Crippen molar-refractivity contribution in [2.45, 2.75) is 19.8 Å². The molecule has 0 spiro atoms. The minimum Gasteiger partial charge on any atom is -0.374 e. The summed E-state index contributed by atoms with van der Waals surface area (Å²) in [5.74, 6) is 0.